The van der Waals surface area contributed by atoms with Gasteiger partial charge in [-0.15, -0.1) is 11.3 Å². The monoisotopic (exact) mass is 311 g/mol. The molecule has 1 heterocycles. The molecule has 1 aromatic rings. The molecule has 6 heteroatoms. The van der Waals surface area contributed by atoms with Gasteiger partial charge in [-0.1, -0.05) is 13.8 Å². The van der Waals surface area contributed by atoms with Crippen LogP contribution in [0.25, 0.3) is 0 Å². The molecule has 0 fully saturated rings. The third kappa shape index (κ3) is 4.63. The van der Waals surface area contributed by atoms with Gasteiger partial charge in [0.15, 0.2) is 0 Å². The largest absolute Gasteiger partial charge is 0.212 e. The maximum absolute atomic E-state index is 11.5. The minimum Gasteiger partial charge on any atom is -0.212 e. The minimum atomic E-state index is -3.14. The summed E-state index contributed by atoms with van der Waals surface area (Å²) in [6.07, 6.45) is 0. The highest BCUT2D eigenvalue weighted by molar-refractivity contribution is 9.10. The first-order valence-corrected chi connectivity index (χ1v) is 7.92. The highest BCUT2D eigenvalue weighted by Crippen LogP contribution is 2.22. The molecule has 0 radical (unpaired) electrons. The number of hydrogen-bond donors (Lipinski definition) is 1. The summed E-state index contributed by atoms with van der Waals surface area (Å²) in [7, 11) is -3.14. The summed E-state index contributed by atoms with van der Waals surface area (Å²) < 4.78 is 26.6. The zero-order valence-electron chi connectivity index (χ0n) is 8.66. The summed E-state index contributed by atoms with van der Waals surface area (Å²) in [5.41, 5.74) is 0. The van der Waals surface area contributed by atoms with Crippen molar-refractivity contribution >= 4 is 37.3 Å². The number of rotatable bonds is 5. The maximum atomic E-state index is 11.5. The third-order valence-electron chi connectivity index (χ3n) is 1.70. The van der Waals surface area contributed by atoms with Gasteiger partial charge < -0.3 is 0 Å². The number of nitrogens with one attached hydrogen (secondary N) is 1. The molecule has 0 aliphatic carbocycles. The lowest BCUT2D eigenvalue weighted by atomic mass is 10.3. The quantitative estimate of drug-likeness (QED) is 0.908. The van der Waals surface area contributed by atoms with E-state index in [1.165, 1.54) is 11.3 Å². The minimum absolute atomic E-state index is 0.147. The Morgan fingerprint density at radius 2 is 2.20 bits per heavy atom. The van der Waals surface area contributed by atoms with E-state index in [1.807, 2.05) is 25.3 Å². The first kappa shape index (κ1) is 13.2. The van der Waals surface area contributed by atoms with Gasteiger partial charge in [0.25, 0.3) is 0 Å². The average molecular weight is 312 g/mol. The van der Waals surface area contributed by atoms with Crippen molar-refractivity contribution < 1.29 is 8.42 Å². The Morgan fingerprint density at radius 3 is 2.67 bits per heavy atom. The Labute approximate surface area is 103 Å². The fraction of sp³-hybridized carbons (Fsp3) is 0.556. The van der Waals surface area contributed by atoms with Crippen LogP contribution in [0.4, 0.5) is 0 Å². The van der Waals surface area contributed by atoms with Crippen molar-refractivity contribution in [2.24, 2.45) is 5.92 Å². The molecule has 86 valence electrons. The van der Waals surface area contributed by atoms with Gasteiger partial charge >= 0.3 is 0 Å². The lowest BCUT2D eigenvalue weighted by Crippen LogP contribution is -2.27. The van der Waals surface area contributed by atoms with Crippen molar-refractivity contribution in [2.75, 3.05) is 5.75 Å². The van der Waals surface area contributed by atoms with E-state index >= 15 is 0 Å². The number of halogens is 1. The first-order valence-electron chi connectivity index (χ1n) is 4.60. The molecule has 0 saturated heterocycles. The second-order valence-corrected chi connectivity index (χ2v) is 7.39. The van der Waals surface area contributed by atoms with Crippen molar-refractivity contribution in [1.82, 2.24) is 4.72 Å². The zero-order chi connectivity index (χ0) is 11.5. The van der Waals surface area contributed by atoms with Gasteiger partial charge in [0.05, 0.1) is 5.75 Å². The van der Waals surface area contributed by atoms with E-state index in [4.69, 9.17) is 0 Å². The van der Waals surface area contributed by atoms with Gasteiger partial charge in [0.1, 0.15) is 0 Å². The van der Waals surface area contributed by atoms with Gasteiger partial charge in [-0.25, -0.2) is 13.1 Å². The van der Waals surface area contributed by atoms with Crippen molar-refractivity contribution in [3.63, 3.8) is 0 Å². The van der Waals surface area contributed by atoms with Crippen molar-refractivity contribution in [3.05, 3.63) is 20.8 Å². The molecular formula is C9H14BrNO2S2. The summed E-state index contributed by atoms with van der Waals surface area (Å²) in [5.74, 6) is 0.324. The molecule has 0 aliphatic heterocycles. The van der Waals surface area contributed by atoms with Crippen LogP contribution in [0.3, 0.4) is 0 Å². The topological polar surface area (TPSA) is 46.2 Å². The normalized spacial score (nSPS) is 12.3. The molecule has 0 bridgehead atoms. The van der Waals surface area contributed by atoms with E-state index in [-0.39, 0.29) is 11.7 Å². The molecule has 1 aromatic heterocycles. The van der Waals surface area contributed by atoms with Crippen LogP contribution in [0.5, 0.6) is 0 Å². The predicted molar refractivity (Wildman–Crippen MR) is 67.5 cm³/mol. The van der Waals surface area contributed by atoms with Crippen LogP contribution < -0.4 is 4.72 Å². The lowest BCUT2D eigenvalue weighted by molar-refractivity contribution is 0.568. The fourth-order valence-corrected chi connectivity index (χ4v) is 4.01. The number of thiophene rings is 1. The van der Waals surface area contributed by atoms with Crippen LogP contribution >= 0.6 is 27.3 Å². The van der Waals surface area contributed by atoms with Crippen molar-refractivity contribution in [3.8, 4) is 0 Å². The molecule has 0 atom stereocenters. The molecular weight excluding hydrogens is 298 g/mol. The zero-order valence-corrected chi connectivity index (χ0v) is 11.9. The Morgan fingerprint density at radius 1 is 1.53 bits per heavy atom. The highest BCUT2D eigenvalue weighted by atomic mass is 79.9. The summed E-state index contributed by atoms with van der Waals surface area (Å²) in [5, 5.41) is 1.93. The van der Waals surface area contributed by atoms with Gasteiger partial charge in [0.2, 0.25) is 10.0 Å². The molecule has 15 heavy (non-hydrogen) atoms. The molecule has 0 unspecified atom stereocenters. The second-order valence-electron chi connectivity index (χ2n) is 3.69. The van der Waals surface area contributed by atoms with Crippen molar-refractivity contribution in [1.29, 1.82) is 0 Å². The molecule has 0 aromatic carbocycles. The second kappa shape index (κ2) is 5.43. The smallest absolute Gasteiger partial charge is 0.212 e. The number of sulfonamides is 1. The fourth-order valence-electron chi connectivity index (χ4n) is 1.12. The van der Waals surface area contributed by atoms with Crippen LogP contribution in [-0.4, -0.2) is 14.2 Å². The van der Waals surface area contributed by atoms with Gasteiger partial charge in [-0.3, -0.25) is 0 Å². The molecule has 0 aliphatic rings. The number of hydrogen-bond acceptors (Lipinski definition) is 3. The maximum Gasteiger partial charge on any atom is 0.212 e. The van der Waals surface area contributed by atoms with Gasteiger partial charge in [0, 0.05) is 15.9 Å². The van der Waals surface area contributed by atoms with Crippen LogP contribution in [-0.2, 0) is 16.6 Å². The SMILES string of the molecule is CC(C)CS(=O)(=O)NCc1sccc1Br. The van der Waals surface area contributed by atoms with Gasteiger partial charge in [-0.2, -0.15) is 0 Å². The highest BCUT2D eigenvalue weighted by Gasteiger charge is 2.13. The standard InChI is InChI=1S/C9H14BrNO2S2/c1-7(2)6-15(12,13)11-5-9-8(10)3-4-14-9/h3-4,7,11H,5-6H2,1-2H3. The molecule has 1 rings (SSSR count). The van der Waals surface area contributed by atoms with E-state index in [0.29, 0.717) is 6.54 Å². The van der Waals surface area contributed by atoms with Crippen molar-refractivity contribution in [2.45, 2.75) is 20.4 Å². The van der Waals surface area contributed by atoms with E-state index in [2.05, 4.69) is 20.7 Å². The van der Waals surface area contributed by atoms with E-state index in [0.717, 1.165) is 9.35 Å². The molecule has 1 N–H and O–H groups in total. The lowest BCUT2D eigenvalue weighted by Gasteiger charge is -2.07. The van der Waals surface area contributed by atoms with E-state index in [1.54, 1.807) is 0 Å². The first-order chi connectivity index (χ1) is 6.91. The van der Waals surface area contributed by atoms with E-state index < -0.39 is 10.0 Å². The average Bonchev–Trinajstić information content (AvgIpc) is 2.45. The Hall–Kier alpha value is 0.0900. The molecule has 0 spiro atoms. The molecule has 3 nitrogen and oxygen atoms in total. The summed E-state index contributed by atoms with van der Waals surface area (Å²) in [6.45, 7) is 4.15. The predicted octanol–water partition coefficient (Wildman–Crippen LogP) is 2.59. The third-order valence-corrected chi connectivity index (χ3v) is 5.31. The van der Waals surface area contributed by atoms with E-state index in [9.17, 15) is 8.42 Å². The Balaban J connectivity index is 2.54. The van der Waals surface area contributed by atoms with Crippen LogP contribution in [0.1, 0.15) is 18.7 Å². The molecule has 0 saturated carbocycles. The summed E-state index contributed by atoms with van der Waals surface area (Å²) in [6, 6.07) is 1.91. The summed E-state index contributed by atoms with van der Waals surface area (Å²) in [4.78, 5) is 1.00. The summed E-state index contributed by atoms with van der Waals surface area (Å²) >= 11 is 4.90. The van der Waals surface area contributed by atoms with Crippen LogP contribution in [0.2, 0.25) is 0 Å². The van der Waals surface area contributed by atoms with Crippen LogP contribution in [0, 0.1) is 5.92 Å². The Bertz CT molecular complexity index is 412. The van der Waals surface area contributed by atoms with Gasteiger partial charge in [-0.05, 0) is 33.3 Å². The Kier molecular flexibility index (Phi) is 4.76. The molecule has 0 amide bonds. The van der Waals surface area contributed by atoms with Crippen LogP contribution in [0.15, 0.2) is 15.9 Å².